The number of amides is 1. The van der Waals surface area contributed by atoms with E-state index in [9.17, 15) is 9.59 Å². The average molecular weight is 285 g/mol. The Morgan fingerprint density at radius 1 is 1.05 bits per heavy atom. The van der Waals surface area contributed by atoms with Crippen LogP contribution in [0, 0.1) is 10.8 Å². The summed E-state index contributed by atoms with van der Waals surface area (Å²) in [7, 11) is 0. The van der Waals surface area contributed by atoms with Gasteiger partial charge in [-0.2, -0.15) is 0 Å². The van der Waals surface area contributed by atoms with Crippen molar-refractivity contribution in [1.29, 1.82) is 0 Å². The van der Waals surface area contributed by atoms with E-state index < -0.39 is 0 Å². The molecule has 0 spiro atoms. The van der Waals surface area contributed by atoms with Gasteiger partial charge in [-0.05, 0) is 18.8 Å². The van der Waals surface area contributed by atoms with Gasteiger partial charge in [0.15, 0.2) is 0 Å². The van der Waals surface area contributed by atoms with Crippen LogP contribution >= 0.6 is 0 Å². The predicted molar refractivity (Wildman–Crippen MR) is 81.6 cm³/mol. The average Bonchev–Trinajstić information content (AvgIpc) is 2.24. The van der Waals surface area contributed by atoms with E-state index >= 15 is 0 Å². The molecule has 0 saturated carbocycles. The summed E-state index contributed by atoms with van der Waals surface area (Å²) in [5, 5.41) is 2.93. The Morgan fingerprint density at radius 2 is 1.60 bits per heavy atom. The molecule has 0 aliphatic rings. The Labute approximate surface area is 123 Å². The minimum atomic E-state index is -0.132. The second-order valence-corrected chi connectivity index (χ2v) is 7.23. The molecule has 4 nitrogen and oxygen atoms in total. The summed E-state index contributed by atoms with van der Waals surface area (Å²) in [5.74, 6) is 0.280. The van der Waals surface area contributed by atoms with Crippen LogP contribution in [-0.2, 0) is 14.3 Å². The van der Waals surface area contributed by atoms with Crippen LogP contribution in [0.1, 0.15) is 60.8 Å². The fourth-order valence-electron chi connectivity index (χ4n) is 2.03. The van der Waals surface area contributed by atoms with Crippen molar-refractivity contribution in [2.24, 2.45) is 10.8 Å². The molecule has 4 heteroatoms. The van der Waals surface area contributed by atoms with Crippen LogP contribution in [0.4, 0.5) is 0 Å². The molecule has 0 fully saturated rings. The lowest BCUT2D eigenvalue weighted by atomic mass is 9.88. The van der Waals surface area contributed by atoms with Crippen LogP contribution < -0.4 is 5.32 Å². The van der Waals surface area contributed by atoms with E-state index in [4.69, 9.17) is 4.74 Å². The van der Waals surface area contributed by atoms with Crippen LogP contribution in [0.5, 0.6) is 0 Å². The Balaban J connectivity index is 4.03. The van der Waals surface area contributed by atoms with Crippen LogP contribution in [-0.4, -0.2) is 31.4 Å². The summed E-state index contributed by atoms with van der Waals surface area (Å²) in [6, 6.07) is 0. The number of Topliss-reactive ketones (excluding diaryl/α,β-unsaturated/α-hetero) is 1. The number of hydrogen-bond acceptors (Lipinski definition) is 3. The van der Waals surface area contributed by atoms with Crippen LogP contribution in [0.15, 0.2) is 0 Å². The number of hydrogen-bond donors (Lipinski definition) is 1. The van der Waals surface area contributed by atoms with E-state index in [0.29, 0.717) is 32.6 Å². The van der Waals surface area contributed by atoms with Gasteiger partial charge >= 0.3 is 0 Å². The lowest BCUT2D eigenvalue weighted by molar-refractivity contribution is -0.122. The van der Waals surface area contributed by atoms with E-state index in [1.807, 2.05) is 20.8 Å². The molecule has 0 radical (unpaired) electrons. The Morgan fingerprint density at radius 3 is 2.10 bits per heavy atom. The molecular weight excluding hydrogens is 254 g/mol. The quantitative estimate of drug-likeness (QED) is 0.671. The van der Waals surface area contributed by atoms with Gasteiger partial charge in [0.05, 0.1) is 13.2 Å². The Bertz CT molecular complexity index is 322. The summed E-state index contributed by atoms with van der Waals surface area (Å²) in [5.41, 5.74) is -0.233. The fraction of sp³-hybridized carbons (Fsp3) is 0.875. The van der Waals surface area contributed by atoms with Crippen molar-refractivity contribution >= 4 is 11.7 Å². The normalized spacial score (nSPS) is 12.3. The van der Waals surface area contributed by atoms with Crippen molar-refractivity contribution < 1.29 is 14.3 Å². The van der Waals surface area contributed by atoms with E-state index in [0.717, 1.165) is 6.42 Å². The predicted octanol–water partition coefficient (Wildman–Crippen LogP) is 2.95. The highest BCUT2D eigenvalue weighted by atomic mass is 16.5. The summed E-state index contributed by atoms with van der Waals surface area (Å²) in [4.78, 5) is 22.6. The van der Waals surface area contributed by atoms with Gasteiger partial charge in [-0.25, -0.2) is 0 Å². The Hall–Kier alpha value is -0.900. The zero-order valence-corrected chi connectivity index (χ0v) is 14.0. The number of rotatable bonds is 10. The Kier molecular flexibility index (Phi) is 8.02. The first-order valence-electron chi connectivity index (χ1n) is 7.42. The maximum absolute atomic E-state index is 11.5. The van der Waals surface area contributed by atoms with Gasteiger partial charge < -0.3 is 14.8 Å². The third-order valence-corrected chi connectivity index (χ3v) is 2.95. The van der Waals surface area contributed by atoms with Crippen molar-refractivity contribution in [1.82, 2.24) is 5.32 Å². The van der Waals surface area contributed by atoms with Crippen molar-refractivity contribution in [2.75, 3.05) is 19.8 Å². The summed E-state index contributed by atoms with van der Waals surface area (Å²) in [6.45, 7) is 13.5. The summed E-state index contributed by atoms with van der Waals surface area (Å²) >= 11 is 0. The molecule has 1 N–H and O–H groups in total. The molecule has 0 aliphatic heterocycles. The van der Waals surface area contributed by atoms with Gasteiger partial charge in [0.1, 0.15) is 5.78 Å². The van der Waals surface area contributed by atoms with Crippen molar-refractivity contribution in [3.8, 4) is 0 Å². The first-order chi connectivity index (χ1) is 9.08. The minimum Gasteiger partial charge on any atom is -0.380 e. The minimum absolute atomic E-state index is 0.0949. The zero-order chi connectivity index (χ0) is 15.8. The second kappa shape index (κ2) is 8.40. The fourth-order valence-corrected chi connectivity index (χ4v) is 2.03. The number of carbonyl (C=O) groups excluding carboxylic acids is 2. The van der Waals surface area contributed by atoms with Crippen LogP contribution in [0.2, 0.25) is 0 Å². The second-order valence-electron chi connectivity index (χ2n) is 7.23. The molecule has 0 atom stereocenters. The molecule has 20 heavy (non-hydrogen) atoms. The van der Waals surface area contributed by atoms with E-state index in [2.05, 4.69) is 19.2 Å². The summed E-state index contributed by atoms with van der Waals surface area (Å²) in [6.07, 6.45) is 1.96. The van der Waals surface area contributed by atoms with E-state index in [1.165, 1.54) is 0 Å². The van der Waals surface area contributed by atoms with Gasteiger partial charge in [-0.15, -0.1) is 0 Å². The van der Waals surface area contributed by atoms with Crippen LogP contribution in [0.3, 0.4) is 0 Å². The number of ketones is 1. The summed E-state index contributed by atoms with van der Waals surface area (Å²) < 4.78 is 5.75. The maximum atomic E-state index is 11.5. The molecule has 0 heterocycles. The number of carbonyl (C=O) groups is 2. The standard InChI is InChI=1S/C16H31NO3/c1-7-8-14(19)17-10-16(5,6)12-20-11-15(3,4)9-13(2)18/h7-12H2,1-6H3,(H,17,19). The third-order valence-electron chi connectivity index (χ3n) is 2.95. The molecule has 0 unspecified atom stereocenters. The molecule has 0 aromatic heterocycles. The maximum Gasteiger partial charge on any atom is 0.220 e. The molecule has 0 aliphatic carbocycles. The van der Waals surface area contributed by atoms with Crippen molar-refractivity contribution in [3.63, 3.8) is 0 Å². The highest BCUT2D eigenvalue weighted by Crippen LogP contribution is 2.23. The smallest absolute Gasteiger partial charge is 0.220 e. The number of nitrogens with one attached hydrogen (secondary N) is 1. The largest absolute Gasteiger partial charge is 0.380 e. The number of ether oxygens (including phenoxy) is 1. The lowest BCUT2D eigenvalue weighted by Gasteiger charge is -2.28. The molecule has 1 amide bonds. The van der Waals surface area contributed by atoms with Crippen LogP contribution in [0.25, 0.3) is 0 Å². The van der Waals surface area contributed by atoms with Gasteiger partial charge in [-0.3, -0.25) is 4.79 Å². The monoisotopic (exact) mass is 285 g/mol. The topological polar surface area (TPSA) is 55.4 Å². The molecule has 0 bridgehead atoms. The SMILES string of the molecule is CCCC(=O)NCC(C)(C)COCC(C)(C)CC(C)=O. The van der Waals surface area contributed by atoms with Gasteiger partial charge in [0, 0.05) is 24.8 Å². The zero-order valence-electron chi connectivity index (χ0n) is 14.0. The van der Waals surface area contributed by atoms with Gasteiger partial charge in [0.25, 0.3) is 0 Å². The third kappa shape index (κ3) is 9.96. The molecule has 0 aromatic carbocycles. The highest BCUT2D eigenvalue weighted by Gasteiger charge is 2.24. The highest BCUT2D eigenvalue weighted by molar-refractivity contribution is 5.76. The van der Waals surface area contributed by atoms with Crippen molar-refractivity contribution in [2.45, 2.75) is 60.8 Å². The molecule has 0 saturated heterocycles. The van der Waals surface area contributed by atoms with Gasteiger partial charge in [-0.1, -0.05) is 34.6 Å². The first kappa shape index (κ1) is 19.1. The van der Waals surface area contributed by atoms with Crippen molar-refractivity contribution in [3.05, 3.63) is 0 Å². The van der Waals surface area contributed by atoms with E-state index in [-0.39, 0.29) is 22.5 Å². The molecular formula is C16H31NO3. The molecule has 0 aromatic rings. The molecule has 0 rings (SSSR count). The first-order valence-corrected chi connectivity index (χ1v) is 7.42. The molecule has 118 valence electrons. The van der Waals surface area contributed by atoms with Gasteiger partial charge in [0.2, 0.25) is 5.91 Å². The van der Waals surface area contributed by atoms with E-state index in [1.54, 1.807) is 6.92 Å². The lowest BCUT2D eigenvalue weighted by Crippen LogP contribution is -2.37.